The molecule has 0 saturated carbocycles. The van der Waals surface area contributed by atoms with Crippen LogP contribution in [0.15, 0.2) is 40.9 Å². The van der Waals surface area contributed by atoms with Gasteiger partial charge in [-0.15, -0.1) is 0 Å². The second-order valence-electron chi connectivity index (χ2n) is 4.71. The van der Waals surface area contributed by atoms with Crippen molar-refractivity contribution in [2.45, 2.75) is 13.0 Å². The van der Waals surface area contributed by atoms with E-state index in [1.807, 2.05) is 31.2 Å². The molecule has 0 aliphatic heterocycles. The molecule has 0 saturated heterocycles. The minimum absolute atomic E-state index is 0.0441. The topological polar surface area (TPSA) is 81.1 Å². The summed E-state index contributed by atoms with van der Waals surface area (Å²) in [5, 5.41) is 3.59. The van der Waals surface area contributed by atoms with E-state index in [0.29, 0.717) is 16.4 Å². The average molecular weight is 369 g/mol. The molecule has 6 heteroatoms. The van der Waals surface area contributed by atoms with Gasteiger partial charge in [-0.05, 0) is 36.8 Å². The lowest BCUT2D eigenvalue weighted by atomic mass is 10.1. The molecule has 110 valence electrons. The molecule has 0 spiro atoms. The van der Waals surface area contributed by atoms with Crippen LogP contribution in [0.2, 0.25) is 5.02 Å². The molecule has 0 fully saturated rings. The first-order valence-corrected chi connectivity index (χ1v) is 7.46. The van der Waals surface area contributed by atoms with Crippen molar-refractivity contribution in [1.82, 2.24) is 0 Å². The summed E-state index contributed by atoms with van der Waals surface area (Å²) in [6.45, 7) is 1.97. The monoisotopic (exact) mass is 367 g/mol. The Balaban J connectivity index is 2.34. The molecule has 5 N–H and O–H groups in total. The molecule has 1 amide bonds. The number of nitrogens with one attached hydrogen (secondary N) is 1. The van der Waals surface area contributed by atoms with Crippen molar-refractivity contribution in [3.05, 3.63) is 57.0 Å². The van der Waals surface area contributed by atoms with Crippen LogP contribution in [0.1, 0.15) is 28.9 Å². The van der Waals surface area contributed by atoms with Crippen LogP contribution in [0, 0.1) is 0 Å². The van der Waals surface area contributed by atoms with E-state index in [2.05, 4.69) is 21.2 Å². The van der Waals surface area contributed by atoms with Gasteiger partial charge in [0.1, 0.15) is 0 Å². The van der Waals surface area contributed by atoms with Crippen LogP contribution in [-0.2, 0) is 0 Å². The number of hydrogen-bond acceptors (Lipinski definition) is 3. The fourth-order valence-electron chi connectivity index (χ4n) is 2.02. The van der Waals surface area contributed by atoms with Gasteiger partial charge in [-0.25, -0.2) is 0 Å². The molecule has 2 aromatic rings. The fourth-order valence-corrected chi connectivity index (χ4v) is 2.57. The third kappa shape index (κ3) is 3.68. The first-order chi connectivity index (χ1) is 9.88. The number of benzene rings is 2. The predicted octanol–water partition coefficient (Wildman–Crippen LogP) is 3.96. The van der Waals surface area contributed by atoms with Crippen LogP contribution in [0.25, 0.3) is 0 Å². The van der Waals surface area contributed by atoms with Crippen LogP contribution < -0.4 is 16.8 Å². The zero-order chi connectivity index (χ0) is 15.6. The molecule has 2 aromatic carbocycles. The van der Waals surface area contributed by atoms with Gasteiger partial charge in [0, 0.05) is 16.2 Å². The zero-order valence-electron chi connectivity index (χ0n) is 11.4. The molecule has 1 atom stereocenters. The van der Waals surface area contributed by atoms with E-state index in [1.54, 1.807) is 6.07 Å². The van der Waals surface area contributed by atoms with Gasteiger partial charge in [0.2, 0.25) is 0 Å². The molecule has 0 aliphatic rings. The third-order valence-corrected chi connectivity index (χ3v) is 3.94. The summed E-state index contributed by atoms with van der Waals surface area (Å²) < 4.78 is 1.00. The maximum atomic E-state index is 11.6. The molecular weight excluding hydrogens is 354 g/mol. The third-order valence-electron chi connectivity index (χ3n) is 3.11. The van der Waals surface area contributed by atoms with E-state index < -0.39 is 5.91 Å². The van der Waals surface area contributed by atoms with Crippen molar-refractivity contribution in [3.8, 4) is 0 Å². The van der Waals surface area contributed by atoms with E-state index in [4.69, 9.17) is 23.1 Å². The van der Waals surface area contributed by atoms with Gasteiger partial charge in [-0.2, -0.15) is 0 Å². The van der Waals surface area contributed by atoms with Crippen LogP contribution >= 0.6 is 27.5 Å². The summed E-state index contributed by atoms with van der Waals surface area (Å²) in [5.74, 6) is -0.574. The smallest absolute Gasteiger partial charge is 0.250 e. The number of hydrogen-bond donors (Lipinski definition) is 3. The quantitative estimate of drug-likeness (QED) is 0.715. The number of rotatable bonds is 4. The van der Waals surface area contributed by atoms with Crippen LogP contribution in [-0.4, -0.2) is 5.91 Å². The number of carbonyl (C=O) groups excluding carboxylic acids is 1. The number of nitrogen functional groups attached to an aromatic ring is 1. The van der Waals surface area contributed by atoms with Crippen LogP contribution in [0.3, 0.4) is 0 Å². The Hall–Kier alpha value is -1.72. The van der Waals surface area contributed by atoms with E-state index in [1.165, 1.54) is 6.07 Å². The molecular formula is C15H15BrClN3O. The normalized spacial score (nSPS) is 12.0. The number of nitrogens with two attached hydrogens (primary N) is 2. The van der Waals surface area contributed by atoms with Crippen molar-refractivity contribution < 1.29 is 4.79 Å². The molecule has 2 rings (SSSR count). The summed E-state index contributed by atoms with van der Waals surface area (Å²) >= 11 is 9.57. The van der Waals surface area contributed by atoms with Gasteiger partial charge in [0.15, 0.2) is 0 Å². The number of carbonyl (C=O) groups is 1. The van der Waals surface area contributed by atoms with Gasteiger partial charge in [0.25, 0.3) is 5.91 Å². The summed E-state index contributed by atoms with van der Waals surface area (Å²) in [6, 6.07) is 10.9. The first kappa shape index (κ1) is 15.7. The van der Waals surface area contributed by atoms with E-state index in [0.717, 1.165) is 10.0 Å². The minimum atomic E-state index is -0.574. The maximum absolute atomic E-state index is 11.6. The van der Waals surface area contributed by atoms with Crippen molar-refractivity contribution in [1.29, 1.82) is 0 Å². The minimum Gasteiger partial charge on any atom is -0.399 e. The molecule has 0 radical (unpaired) electrons. The summed E-state index contributed by atoms with van der Waals surface area (Å²) in [5.41, 5.74) is 13.3. The Kier molecular flexibility index (Phi) is 4.75. The number of halogens is 2. The largest absolute Gasteiger partial charge is 0.399 e. The molecule has 0 aliphatic carbocycles. The highest BCUT2D eigenvalue weighted by atomic mass is 79.9. The zero-order valence-corrected chi connectivity index (χ0v) is 13.7. The highest BCUT2D eigenvalue weighted by Gasteiger charge is 2.16. The Morgan fingerprint density at radius 3 is 2.48 bits per heavy atom. The number of primary amides is 1. The Morgan fingerprint density at radius 1 is 1.29 bits per heavy atom. The highest BCUT2D eigenvalue weighted by molar-refractivity contribution is 9.10. The Labute approximate surface area is 136 Å². The molecule has 21 heavy (non-hydrogen) atoms. The van der Waals surface area contributed by atoms with Crippen molar-refractivity contribution >= 4 is 44.8 Å². The van der Waals surface area contributed by atoms with Crippen molar-refractivity contribution in [3.63, 3.8) is 0 Å². The SMILES string of the molecule is CC(Nc1c(Cl)cc(N)cc1C(N)=O)c1ccc(Br)cc1. The van der Waals surface area contributed by atoms with Crippen molar-refractivity contribution in [2.75, 3.05) is 11.1 Å². The lowest BCUT2D eigenvalue weighted by molar-refractivity contribution is 0.100. The van der Waals surface area contributed by atoms with Gasteiger partial charge < -0.3 is 16.8 Å². The van der Waals surface area contributed by atoms with Crippen molar-refractivity contribution in [2.24, 2.45) is 5.73 Å². The number of amides is 1. The second-order valence-corrected chi connectivity index (χ2v) is 6.03. The second kappa shape index (κ2) is 6.37. The molecule has 0 heterocycles. The summed E-state index contributed by atoms with van der Waals surface area (Å²) in [7, 11) is 0. The maximum Gasteiger partial charge on any atom is 0.250 e. The van der Waals surface area contributed by atoms with Gasteiger partial charge >= 0.3 is 0 Å². The molecule has 1 unspecified atom stereocenters. The van der Waals surface area contributed by atoms with E-state index in [-0.39, 0.29) is 11.6 Å². The van der Waals surface area contributed by atoms with Gasteiger partial charge in [-0.1, -0.05) is 39.7 Å². The van der Waals surface area contributed by atoms with Crippen LogP contribution in [0.5, 0.6) is 0 Å². The summed E-state index contributed by atoms with van der Waals surface area (Å²) in [4.78, 5) is 11.6. The fraction of sp³-hybridized carbons (Fsp3) is 0.133. The lowest BCUT2D eigenvalue weighted by Gasteiger charge is -2.19. The Morgan fingerprint density at radius 2 is 1.90 bits per heavy atom. The first-order valence-electron chi connectivity index (χ1n) is 6.29. The lowest BCUT2D eigenvalue weighted by Crippen LogP contribution is -2.17. The molecule has 0 aromatic heterocycles. The predicted molar refractivity (Wildman–Crippen MR) is 90.6 cm³/mol. The van der Waals surface area contributed by atoms with Gasteiger partial charge in [-0.3, -0.25) is 4.79 Å². The highest BCUT2D eigenvalue weighted by Crippen LogP contribution is 2.32. The molecule has 4 nitrogen and oxygen atoms in total. The van der Waals surface area contributed by atoms with E-state index in [9.17, 15) is 4.79 Å². The standard InChI is InChI=1S/C15H15BrClN3O/c1-8(9-2-4-10(16)5-3-9)20-14-12(15(19)21)6-11(18)7-13(14)17/h2-8,20H,18H2,1H3,(H2,19,21). The Bertz CT molecular complexity index is 673. The van der Waals surface area contributed by atoms with Crippen LogP contribution in [0.4, 0.5) is 11.4 Å². The average Bonchev–Trinajstić information content (AvgIpc) is 2.41. The van der Waals surface area contributed by atoms with E-state index >= 15 is 0 Å². The molecule has 0 bridgehead atoms. The number of anilines is 2. The van der Waals surface area contributed by atoms with Gasteiger partial charge in [0.05, 0.1) is 16.3 Å². The summed E-state index contributed by atoms with van der Waals surface area (Å²) in [6.07, 6.45) is 0.